The van der Waals surface area contributed by atoms with Gasteiger partial charge in [0.2, 0.25) is 12.3 Å². The molecule has 1 aromatic carbocycles. The molecule has 5 nitrogen and oxygen atoms in total. The van der Waals surface area contributed by atoms with Crippen LogP contribution in [0.15, 0.2) is 24.4 Å². The molecule has 0 unspecified atom stereocenters. The number of carbonyl (C=O) groups is 2. The first kappa shape index (κ1) is 21.4. The fraction of sp³-hybridized carbons (Fsp3) is 0.524. The molecule has 0 aliphatic carbocycles. The Bertz CT molecular complexity index is 729. The molecule has 0 saturated carbocycles. The van der Waals surface area contributed by atoms with Crippen molar-refractivity contribution in [3.05, 3.63) is 24.4 Å². The molecule has 2 amide bonds. The van der Waals surface area contributed by atoms with E-state index in [0.717, 1.165) is 35.8 Å². The summed E-state index contributed by atoms with van der Waals surface area (Å²) in [4.78, 5) is 28.5. The number of benzene rings is 1. The van der Waals surface area contributed by atoms with E-state index in [2.05, 4.69) is 29.9 Å². The number of nitrogens with zero attached hydrogens (tertiary/aromatic N) is 1. The number of H-pyrrole nitrogens is 1. The van der Waals surface area contributed by atoms with E-state index in [0.29, 0.717) is 24.4 Å². The van der Waals surface area contributed by atoms with Crippen LogP contribution in [-0.2, 0) is 9.59 Å². The predicted molar refractivity (Wildman–Crippen MR) is 117 cm³/mol. The summed E-state index contributed by atoms with van der Waals surface area (Å²) in [5, 5.41) is 3.93. The largest absolute Gasteiger partial charge is 0.361 e. The number of aromatic nitrogens is 1. The van der Waals surface area contributed by atoms with Gasteiger partial charge in [-0.15, -0.1) is 0 Å². The predicted octanol–water partition coefficient (Wildman–Crippen LogP) is 5.14. The van der Waals surface area contributed by atoms with Gasteiger partial charge in [-0.1, -0.05) is 45.4 Å². The lowest BCUT2D eigenvalue weighted by Crippen LogP contribution is -2.23. The van der Waals surface area contributed by atoms with Crippen molar-refractivity contribution in [2.24, 2.45) is 0 Å². The Kier molecular flexibility index (Phi) is 9.25. The number of nitrogens with one attached hydrogen (secondary N) is 2. The van der Waals surface area contributed by atoms with Crippen molar-refractivity contribution < 1.29 is 9.59 Å². The SMILES string of the molecule is CCCCCCCCCC(=O)Nc1cc(N(C=O)CCS)c2cc[nH]c2c1. The molecule has 2 rings (SSSR count). The molecule has 2 N–H and O–H groups in total. The van der Waals surface area contributed by atoms with Gasteiger partial charge in [-0.05, 0) is 24.6 Å². The molecule has 0 fully saturated rings. The van der Waals surface area contributed by atoms with E-state index in [1.807, 2.05) is 24.4 Å². The number of hydrogen-bond acceptors (Lipinski definition) is 3. The molecular formula is C21H31N3O2S. The highest BCUT2D eigenvalue weighted by atomic mass is 32.1. The Morgan fingerprint density at radius 2 is 1.93 bits per heavy atom. The first-order valence-electron chi connectivity index (χ1n) is 9.93. The Morgan fingerprint density at radius 3 is 2.63 bits per heavy atom. The Balaban J connectivity index is 1.94. The fourth-order valence-corrected chi connectivity index (χ4v) is 3.48. The van der Waals surface area contributed by atoms with Crippen LogP contribution in [0.25, 0.3) is 10.9 Å². The fourth-order valence-electron chi connectivity index (χ4n) is 3.26. The second kappa shape index (κ2) is 11.7. The number of anilines is 2. The van der Waals surface area contributed by atoms with Crippen LogP contribution >= 0.6 is 12.6 Å². The summed E-state index contributed by atoms with van der Waals surface area (Å²) < 4.78 is 0. The van der Waals surface area contributed by atoms with Crippen LogP contribution in [0.5, 0.6) is 0 Å². The molecule has 1 heterocycles. The van der Waals surface area contributed by atoms with Crippen molar-refractivity contribution in [2.75, 3.05) is 22.5 Å². The molecule has 0 aliphatic rings. The number of carbonyl (C=O) groups excluding carboxylic acids is 2. The average Bonchev–Trinajstić information content (AvgIpc) is 3.13. The summed E-state index contributed by atoms with van der Waals surface area (Å²) in [5.41, 5.74) is 2.38. The molecule has 0 bridgehead atoms. The highest BCUT2D eigenvalue weighted by Gasteiger charge is 2.13. The first-order chi connectivity index (χ1) is 13.2. The van der Waals surface area contributed by atoms with Crippen LogP contribution in [0.4, 0.5) is 11.4 Å². The van der Waals surface area contributed by atoms with Crippen molar-refractivity contribution in [3.8, 4) is 0 Å². The summed E-state index contributed by atoms with van der Waals surface area (Å²) in [6.07, 6.45) is 11.5. The van der Waals surface area contributed by atoms with Gasteiger partial charge in [-0.2, -0.15) is 12.6 Å². The third-order valence-electron chi connectivity index (χ3n) is 4.72. The second-order valence-electron chi connectivity index (χ2n) is 6.88. The molecule has 0 radical (unpaired) electrons. The van der Waals surface area contributed by atoms with Gasteiger partial charge in [0.25, 0.3) is 0 Å². The third-order valence-corrected chi connectivity index (χ3v) is 4.92. The number of amides is 2. The van der Waals surface area contributed by atoms with Crippen molar-refractivity contribution in [2.45, 2.75) is 58.3 Å². The molecule has 1 aromatic heterocycles. The van der Waals surface area contributed by atoms with Crippen LogP contribution in [0.1, 0.15) is 58.3 Å². The smallest absolute Gasteiger partial charge is 0.224 e. The zero-order valence-electron chi connectivity index (χ0n) is 16.2. The van der Waals surface area contributed by atoms with E-state index in [9.17, 15) is 9.59 Å². The van der Waals surface area contributed by atoms with Crippen molar-refractivity contribution in [1.29, 1.82) is 0 Å². The van der Waals surface area contributed by atoms with Crippen molar-refractivity contribution >= 4 is 47.2 Å². The third kappa shape index (κ3) is 6.61. The van der Waals surface area contributed by atoms with Gasteiger partial charge in [0.05, 0.1) is 5.69 Å². The second-order valence-corrected chi connectivity index (χ2v) is 7.32. The number of fused-ring (bicyclic) bond motifs is 1. The molecule has 2 aromatic rings. The molecule has 148 valence electrons. The number of unbranched alkanes of at least 4 members (excludes halogenated alkanes) is 6. The van der Waals surface area contributed by atoms with E-state index < -0.39 is 0 Å². The molecule has 0 saturated heterocycles. The standard InChI is InChI=1S/C21H31N3O2S/c1-2-3-4-5-6-7-8-9-21(26)23-17-14-19-18(10-11-22-19)20(15-17)24(16-25)12-13-27/h10-11,14-16,22,27H,2-9,12-13H2,1H3,(H,23,26). The Labute approximate surface area is 167 Å². The van der Waals surface area contributed by atoms with Gasteiger partial charge in [-0.3, -0.25) is 9.59 Å². The monoisotopic (exact) mass is 389 g/mol. The molecule has 27 heavy (non-hydrogen) atoms. The lowest BCUT2D eigenvalue weighted by atomic mass is 10.1. The van der Waals surface area contributed by atoms with Gasteiger partial charge >= 0.3 is 0 Å². The number of aromatic amines is 1. The topological polar surface area (TPSA) is 65.2 Å². The number of thiol groups is 1. The Hall–Kier alpha value is -1.95. The van der Waals surface area contributed by atoms with Crippen LogP contribution in [0.2, 0.25) is 0 Å². The van der Waals surface area contributed by atoms with Crippen molar-refractivity contribution in [1.82, 2.24) is 4.98 Å². The van der Waals surface area contributed by atoms with E-state index in [-0.39, 0.29) is 5.91 Å². The van der Waals surface area contributed by atoms with Gasteiger partial charge in [0.15, 0.2) is 0 Å². The first-order valence-corrected chi connectivity index (χ1v) is 10.6. The van der Waals surface area contributed by atoms with Gasteiger partial charge < -0.3 is 15.2 Å². The summed E-state index contributed by atoms with van der Waals surface area (Å²) in [7, 11) is 0. The maximum atomic E-state index is 12.3. The normalized spacial score (nSPS) is 10.9. The summed E-state index contributed by atoms with van der Waals surface area (Å²) in [5.74, 6) is 0.590. The summed E-state index contributed by atoms with van der Waals surface area (Å²) in [6.45, 7) is 2.73. The van der Waals surface area contributed by atoms with Gasteiger partial charge in [-0.25, -0.2) is 0 Å². The summed E-state index contributed by atoms with van der Waals surface area (Å²) in [6, 6.07) is 5.70. The van der Waals surface area contributed by atoms with Gasteiger partial charge in [0, 0.05) is 41.5 Å². The minimum absolute atomic E-state index is 0.0206. The Morgan fingerprint density at radius 1 is 1.19 bits per heavy atom. The molecule has 0 aliphatic heterocycles. The van der Waals surface area contributed by atoms with Crippen molar-refractivity contribution in [3.63, 3.8) is 0 Å². The maximum absolute atomic E-state index is 12.3. The summed E-state index contributed by atoms with van der Waals surface area (Å²) >= 11 is 4.22. The molecule has 0 spiro atoms. The van der Waals surface area contributed by atoms with Crippen LogP contribution in [0, 0.1) is 0 Å². The van der Waals surface area contributed by atoms with E-state index in [1.165, 1.54) is 32.1 Å². The lowest BCUT2D eigenvalue weighted by molar-refractivity contribution is -0.116. The van der Waals surface area contributed by atoms with E-state index in [1.54, 1.807) is 4.90 Å². The molecule has 0 atom stereocenters. The molecular weight excluding hydrogens is 358 g/mol. The zero-order valence-corrected chi connectivity index (χ0v) is 17.1. The quantitative estimate of drug-likeness (QED) is 0.252. The minimum atomic E-state index is 0.0206. The van der Waals surface area contributed by atoms with Gasteiger partial charge in [0.1, 0.15) is 0 Å². The highest BCUT2D eigenvalue weighted by Crippen LogP contribution is 2.30. The van der Waals surface area contributed by atoms with Crippen LogP contribution in [-0.4, -0.2) is 29.6 Å². The van der Waals surface area contributed by atoms with E-state index >= 15 is 0 Å². The maximum Gasteiger partial charge on any atom is 0.224 e. The lowest BCUT2D eigenvalue weighted by Gasteiger charge is -2.19. The zero-order chi connectivity index (χ0) is 19.5. The minimum Gasteiger partial charge on any atom is -0.361 e. The van der Waals surface area contributed by atoms with Crippen LogP contribution in [0.3, 0.4) is 0 Å². The highest BCUT2D eigenvalue weighted by molar-refractivity contribution is 7.80. The number of hydrogen-bond donors (Lipinski definition) is 3. The van der Waals surface area contributed by atoms with Crippen LogP contribution < -0.4 is 10.2 Å². The molecule has 6 heteroatoms. The average molecular weight is 390 g/mol. The van der Waals surface area contributed by atoms with E-state index in [4.69, 9.17) is 0 Å². The number of rotatable bonds is 13.